The van der Waals surface area contributed by atoms with Gasteiger partial charge in [-0.25, -0.2) is 0 Å². The fourth-order valence-electron chi connectivity index (χ4n) is 1.83. The molecule has 1 aromatic carbocycles. The van der Waals surface area contributed by atoms with Crippen LogP contribution in [-0.4, -0.2) is 23.6 Å². The Morgan fingerprint density at radius 3 is 2.55 bits per heavy atom. The number of carbonyl (C=O) groups is 2. The van der Waals surface area contributed by atoms with Gasteiger partial charge in [0.05, 0.1) is 12.1 Å². The van der Waals surface area contributed by atoms with E-state index in [4.69, 9.17) is 20.9 Å². The zero-order valence-electron chi connectivity index (χ0n) is 12.2. The lowest BCUT2D eigenvalue weighted by molar-refractivity contribution is -0.146. The molecule has 0 atom stereocenters. The summed E-state index contributed by atoms with van der Waals surface area (Å²) in [4.78, 5) is 23.4. The van der Waals surface area contributed by atoms with Crippen molar-refractivity contribution in [3.8, 4) is 0 Å². The monoisotopic (exact) mass is 322 g/mol. The number of esters is 1. The first kappa shape index (κ1) is 16.0. The molecule has 0 aliphatic heterocycles. The summed E-state index contributed by atoms with van der Waals surface area (Å²) in [7, 11) is 0. The molecule has 0 unspecified atom stereocenters. The van der Waals surface area contributed by atoms with Crippen LogP contribution in [0.4, 0.5) is 5.69 Å². The summed E-state index contributed by atoms with van der Waals surface area (Å²) in [6.45, 7) is 3.10. The molecule has 0 aliphatic rings. The fourth-order valence-corrected chi connectivity index (χ4v) is 1.95. The number of nitrogens with one attached hydrogen (secondary N) is 1. The number of benzene rings is 1. The van der Waals surface area contributed by atoms with Crippen molar-refractivity contribution < 1.29 is 18.8 Å². The van der Waals surface area contributed by atoms with Gasteiger partial charge in [-0.05, 0) is 38.1 Å². The number of aryl methyl sites for hydroxylation is 2. The standard InChI is InChI=1S/C15H15ClN2O4/c1-9-13(10(2)22-18-9)7-15(20)21-8-14(19)17-12-5-3-11(16)4-6-12/h3-6H,7-8H2,1-2H3,(H,17,19). The van der Waals surface area contributed by atoms with Crippen molar-refractivity contribution in [2.75, 3.05) is 11.9 Å². The highest BCUT2D eigenvalue weighted by molar-refractivity contribution is 6.30. The van der Waals surface area contributed by atoms with Gasteiger partial charge in [-0.15, -0.1) is 0 Å². The van der Waals surface area contributed by atoms with Gasteiger partial charge >= 0.3 is 5.97 Å². The zero-order valence-corrected chi connectivity index (χ0v) is 12.9. The van der Waals surface area contributed by atoms with Crippen LogP contribution in [0.25, 0.3) is 0 Å². The third kappa shape index (κ3) is 4.33. The quantitative estimate of drug-likeness (QED) is 0.856. The molecule has 0 bridgehead atoms. The molecule has 22 heavy (non-hydrogen) atoms. The second-order valence-electron chi connectivity index (χ2n) is 4.70. The predicted octanol–water partition coefficient (Wildman–Crippen LogP) is 2.67. The molecule has 1 aromatic heterocycles. The summed E-state index contributed by atoms with van der Waals surface area (Å²) < 4.78 is 9.90. The maximum Gasteiger partial charge on any atom is 0.310 e. The van der Waals surface area contributed by atoms with Gasteiger partial charge in [0.2, 0.25) is 0 Å². The number of rotatable bonds is 5. The zero-order chi connectivity index (χ0) is 16.1. The normalized spacial score (nSPS) is 10.3. The Morgan fingerprint density at radius 2 is 1.95 bits per heavy atom. The van der Waals surface area contributed by atoms with Crippen LogP contribution in [0.15, 0.2) is 28.8 Å². The van der Waals surface area contributed by atoms with E-state index >= 15 is 0 Å². The Labute approximate surface area is 132 Å². The van der Waals surface area contributed by atoms with Gasteiger partial charge in [-0.1, -0.05) is 16.8 Å². The van der Waals surface area contributed by atoms with Crippen LogP contribution in [0.5, 0.6) is 0 Å². The van der Waals surface area contributed by atoms with Gasteiger partial charge in [0.1, 0.15) is 5.76 Å². The van der Waals surface area contributed by atoms with E-state index in [0.717, 1.165) is 0 Å². The number of hydrogen-bond acceptors (Lipinski definition) is 5. The number of halogens is 1. The number of nitrogens with zero attached hydrogens (tertiary/aromatic N) is 1. The van der Waals surface area contributed by atoms with E-state index in [1.165, 1.54) is 0 Å². The molecule has 0 fully saturated rings. The first-order valence-electron chi connectivity index (χ1n) is 6.58. The highest BCUT2D eigenvalue weighted by Gasteiger charge is 2.15. The molecule has 1 amide bonds. The molecule has 0 saturated carbocycles. The molecule has 2 aromatic rings. The average Bonchev–Trinajstić information content (AvgIpc) is 2.79. The number of ether oxygens (including phenoxy) is 1. The highest BCUT2D eigenvalue weighted by atomic mass is 35.5. The molecule has 7 heteroatoms. The van der Waals surface area contributed by atoms with E-state index in [2.05, 4.69) is 10.5 Å². The third-order valence-corrected chi connectivity index (χ3v) is 3.25. The van der Waals surface area contributed by atoms with Crippen LogP contribution in [0, 0.1) is 13.8 Å². The summed E-state index contributed by atoms with van der Waals surface area (Å²) in [6, 6.07) is 6.62. The first-order chi connectivity index (χ1) is 10.5. The maximum atomic E-state index is 11.7. The summed E-state index contributed by atoms with van der Waals surface area (Å²) in [6.07, 6.45) is 0.0232. The van der Waals surface area contributed by atoms with E-state index in [1.807, 2.05) is 0 Å². The van der Waals surface area contributed by atoms with E-state index in [0.29, 0.717) is 27.7 Å². The van der Waals surface area contributed by atoms with Gasteiger partial charge in [0, 0.05) is 16.3 Å². The molecule has 1 N–H and O–H groups in total. The van der Waals surface area contributed by atoms with Gasteiger partial charge in [0.15, 0.2) is 6.61 Å². The number of hydrogen-bond donors (Lipinski definition) is 1. The fraction of sp³-hybridized carbons (Fsp3) is 0.267. The van der Waals surface area contributed by atoms with Gasteiger partial charge in [-0.2, -0.15) is 0 Å². The lowest BCUT2D eigenvalue weighted by Crippen LogP contribution is -2.21. The van der Waals surface area contributed by atoms with Gasteiger partial charge < -0.3 is 14.6 Å². The predicted molar refractivity (Wildman–Crippen MR) is 80.7 cm³/mol. The topological polar surface area (TPSA) is 81.4 Å². The minimum absolute atomic E-state index is 0.0232. The number of anilines is 1. The molecule has 2 rings (SSSR count). The van der Waals surface area contributed by atoms with Crippen LogP contribution >= 0.6 is 11.6 Å². The van der Waals surface area contributed by atoms with Gasteiger partial charge in [-0.3, -0.25) is 9.59 Å². The van der Waals surface area contributed by atoms with Crippen molar-refractivity contribution in [2.45, 2.75) is 20.3 Å². The van der Waals surface area contributed by atoms with Crippen LogP contribution in [0.2, 0.25) is 5.02 Å². The van der Waals surface area contributed by atoms with E-state index in [9.17, 15) is 9.59 Å². The third-order valence-electron chi connectivity index (χ3n) is 2.99. The molecule has 116 valence electrons. The van der Waals surface area contributed by atoms with Crippen LogP contribution in [-0.2, 0) is 20.7 Å². The van der Waals surface area contributed by atoms with Gasteiger partial charge in [0.25, 0.3) is 5.91 Å². The summed E-state index contributed by atoms with van der Waals surface area (Å²) in [5.41, 5.74) is 1.90. The minimum Gasteiger partial charge on any atom is -0.455 e. The second-order valence-corrected chi connectivity index (χ2v) is 5.13. The Kier molecular flexibility index (Phi) is 5.16. The Hall–Kier alpha value is -2.34. The van der Waals surface area contributed by atoms with E-state index in [1.54, 1.807) is 38.1 Å². The van der Waals surface area contributed by atoms with Crippen LogP contribution in [0.3, 0.4) is 0 Å². The van der Waals surface area contributed by atoms with Crippen molar-refractivity contribution in [3.05, 3.63) is 46.3 Å². The molecule has 0 spiro atoms. The van der Waals surface area contributed by atoms with Crippen molar-refractivity contribution in [1.29, 1.82) is 0 Å². The largest absolute Gasteiger partial charge is 0.455 e. The van der Waals surface area contributed by atoms with Crippen LogP contribution < -0.4 is 5.32 Å². The Bertz CT molecular complexity index is 660. The van der Waals surface area contributed by atoms with Crippen molar-refractivity contribution in [2.24, 2.45) is 0 Å². The van der Waals surface area contributed by atoms with Crippen molar-refractivity contribution in [3.63, 3.8) is 0 Å². The SMILES string of the molecule is Cc1noc(C)c1CC(=O)OCC(=O)Nc1ccc(Cl)cc1. The van der Waals surface area contributed by atoms with Crippen LogP contribution in [0.1, 0.15) is 17.0 Å². The Balaban J connectivity index is 1.81. The molecule has 1 heterocycles. The molecule has 0 saturated heterocycles. The van der Waals surface area contributed by atoms with E-state index in [-0.39, 0.29) is 13.0 Å². The maximum absolute atomic E-state index is 11.7. The van der Waals surface area contributed by atoms with Crippen molar-refractivity contribution in [1.82, 2.24) is 5.16 Å². The summed E-state index contributed by atoms with van der Waals surface area (Å²) in [5.74, 6) is -0.366. The molecule has 0 aliphatic carbocycles. The second kappa shape index (κ2) is 7.09. The van der Waals surface area contributed by atoms with Crippen molar-refractivity contribution >= 4 is 29.2 Å². The molecular weight excluding hydrogens is 308 g/mol. The smallest absolute Gasteiger partial charge is 0.310 e. The number of carbonyl (C=O) groups excluding carboxylic acids is 2. The molecular formula is C15H15ClN2O4. The lowest BCUT2D eigenvalue weighted by atomic mass is 10.1. The number of aromatic nitrogens is 1. The Morgan fingerprint density at radius 1 is 1.27 bits per heavy atom. The summed E-state index contributed by atoms with van der Waals surface area (Å²) in [5, 5.41) is 6.93. The lowest BCUT2D eigenvalue weighted by Gasteiger charge is -2.06. The highest BCUT2D eigenvalue weighted by Crippen LogP contribution is 2.14. The summed E-state index contributed by atoms with van der Waals surface area (Å²) >= 11 is 5.75. The number of amides is 1. The average molecular weight is 323 g/mol. The molecule has 0 radical (unpaired) electrons. The molecule has 6 nitrogen and oxygen atoms in total. The first-order valence-corrected chi connectivity index (χ1v) is 6.96. The minimum atomic E-state index is -0.513. The van der Waals surface area contributed by atoms with E-state index < -0.39 is 11.9 Å².